The number of β-lactam (4-membered cyclic amide) rings is 1. The lowest BCUT2D eigenvalue weighted by atomic mass is 10.2. The summed E-state index contributed by atoms with van der Waals surface area (Å²) in [6.07, 6.45) is 2.22. The van der Waals surface area contributed by atoms with E-state index < -0.39 is 6.04 Å². The van der Waals surface area contributed by atoms with Crippen molar-refractivity contribution < 1.29 is 9.59 Å². The van der Waals surface area contributed by atoms with Crippen molar-refractivity contribution in [2.45, 2.75) is 17.4 Å². The average Bonchev–Trinajstić information content (AvgIpc) is 2.50. The summed E-state index contributed by atoms with van der Waals surface area (Å²) >= 11 is 1.53. The molecule has 2 amide bonds. The number of likely N-dealkylation sites (N-methyl/N-ethyl adjacent to an activating group) is 1. The monoisotopic (exact) mass is 278 g/mol. The highest BCUT2D eigenvalue weighted by atomic mass is 32.2. The minimum absolute atomic E-state index is 0.0900. The molecule has 6 nitrogen and oxygen atoms in total. The zero-order chi connectivity index (χ0) is 13.6. The molecule has 0 saturated carbocycles. The molecule has 0 spiro atoms. The minimum atomic E-state index is -0.503. The van der Waals surface area contributed by atoms with E-state index in [1.54, 1.807) is 18.1 Å². The first-order chi connectivity index (χ1) is 9.08. The molecule has 0 radical (unpaired) electrons. The van der Waals surface area contributed by atoms with Gasteiger partial charge in [-0.15, -0.1) is 11.8 Å². The summed E-state index contributed by atoms with van der Waals surface area (Å²) in [6, 6.07) is 1.36. The van der Waals surface area contributed by atoms with Crippen LogP contribution in [0.5, 0.6) is 0 Å². The average molecular weight is 278 g/mol. The first kappa shape index (κ1) is 12.4. The lowest BCUT2D eigenvalue weighted by Crippen LogP contribution is -2.44. The first-order valence-corrected chi connectivity index (χ1v) is 7.03. The largest absolute Gasteiger partial charge is 0.319 e. The highest BCUT2D eigenvalue weighted by Gasteiger charge is 2.30. The normalized spacial score (nSPS) is 22.9. The van der Waals surface area contributed by atoms with E-state index in [0.29, 0.717) is 24.5 Å². The van der Waals surface area contributed by atoms with Gasteiger partial charge in [0.1, 0.15) is 5.82 Å². The second-order valence-corrected chi connectivity index (χ2v) is 5.68. The van der Waals surface area contributed by atoms with E-state index in [1.807, 2.05) is 6.07 Å². The Kier molecular flexibility index (Phi) is 2.94. The van der Waals surface area contributed by atoms with Gasteiger partial charge in [-0.1, -0.05) is 0 Å². The number of nitrogens with zero attached hydrogens (tertiary/aromatic N) is 3. The van der Waals surface area contributed by atoms with Crippen molar-refractivity contribution in [3.05, 3.63) is 12.3 Å². The van der Waals surface area contributed by atoms with Gasteiger partial charge in [-0.25, -0.2) is 4.98 Å². The van der Waals surface area contributed by atoms with Crippen LogP contribution in [0.15, 0.2) is 17.2 Å². The summed E-state index contributed by atoms with van der Waals surface area (Å²) in [5.41, 5.74) is 6.56. The summed E-state index contributed by atoms with van der Waals surface area (Å²) in [5, 5.41) is 0. The van der Waals surface area contributed by atoms with Gasteiger partial charge in [-0.2, -0.15) is 0 Å². The number of hydrogen-bond acceptors (Lipinski definition) is 5. The molecule has 3 rings (SSSR count). The van der Waals surface area contributed by atoms with Gasteiger partial charge in [-0.3, -0.25) is 14.5 Å². The Morgan fingerprint density at radius 3 is 2.89 bits per heavy atom. The Hall–Kier alpha value is -1.60. The fourth-order valence-electron chi connectivity index (χ4n) is 2.11. The Labute approximate surface area is 114 Å². The molecule has 2 aliphatic rings. The zero-order valence-electron chi connectivity index (χ0n) is 10.5. The van der Waals surface area contributed by atoms with Crippen LogP contribution in [0.2, 0.25) is 0 Å². The molecule has 3 heterocycles. The van der Waals surface area contributed by atoms with Crippen molar-refractivity contribution in [2.75, 3.05) is 29.1 Å². The van der Waals surface area contributed by atoms with Crippen molar-refractivity contribution in [1.82, 2.24) is 4.98 Å². The summed E-state index contributed by atoms with van der Waals surface area (Å²) in [6.45, 7) is 0.712. The summed E-state index contributed by atoms with van der Waals surface area (Å²) in [7, 11) is 1.70. The molecule has 2 N–H and O–H groups in total. The number of pyridine rings is 1. The van der Waals surface area contributed by atoms with Gasteiger partial charge < -0.3 is 10.6 Å². The lowest BCUT2D eigenvalue weighted by molar-refractivity contribution is -0.122. The smallest absolute Gasteiger partial charge is 0.244 e. The molecule has 0 bridgehead atoms. The maximum atomic E-state index is 11.9. The van der Waals surface area contributed by atoms with E-state index in [9.17, 15) is 9.59 Å². The van der Waals surface area contributed by atoms with Gasteiger partial charge in [0.05, 0.1) is 17.9 Å². The predicted octanol–water partition coefficient (Wildman–Crippen LogP) is 0.214. The number of thioether (sulfide) groups is 1. The minimum Gasteiger partial charge on any atom is -0.319 e. The standard InChI is InChI=1S/C12H14N4O2S/c1-15-8-5-14-10(16-3-2-11(16)17)4-9(8)19-6-7(13)12(15)18/h4-5,7H,2-3,6,13H2,1H3/t7-/m0/s1. The molecule has 7 heteroatoms. The molecule has 1 atom stereocenters. The van der Waals surface area contributed by atoms with Crippen LogP contribution in [0.1, 0.15) is 6.42 Å². The number of nitrogens with two attached hydrogens (primary N) is 1. The molecular formula is C12H14N4O2S. The molecule has 2 aliphatic heterocycles. The number of aromatic nitrogens is 1. The van der Waals surface area contributed by atoms with Crippen molar-refractivity contribution in [1.29, 1.82) is 0 Å². The maximum Gasteiger partial charge on any atom is 0.244 e. The topological polar surface area (TPSA) is 79.5 Å². The molecule has 1 aromatic heterocycles. The molecule has 1 saturated heterocycles. The van der Waals surface area contributed by atoms with Crippen LogP contribution in [-0.4, -0.2) is 42.2 Å². The number of fused-ring (bicyclic) bond motifs is 1. The van der Waals surface area contributed by atoms with Crippen molar-refractivity contribution in [2.24, 2.45) is 5.73 Å². The van der Waals surface area contributed by atoms with Gasteiger partial charge in [0.2, 0.25) is 11.8 Å². The predicted molar refractivity (Wildman–Crippen MR) is 73.3 cm³/mol. The lowest BCUT2D eigenvalue weighted by Gasteiger charge is -2.30. The second kappa shape index (κ2) is 4.50. The van der Waals surface area contributed by atoms with Crippen LogP contribution in [0.25, 0.3) is 0 Å². The Balaban J connectivity index is 1.97. The third-order valence-electron chi connectivity index (χ3n) is 3.39. The molecular weight excluding hydrogens is 264 g/mol. The van der Waals surface area contributed by atoms with Crippen LogP contribution < -0.4 is 15.5 Å². The first-order valence-electron chi connectivity index (χ1n) is 6.04. The molecule has 1 fully saturated rings. The Morgan fingerprint density at radius 2 is 2.26 bits per heavy atom. The van der Waals surface area contributed by atoms with Crippen LogP contribution in [0.3, 0.4) is 0 Å². The van der Waals surface area contributed by atoms with E-state index in [-0.39, 0.29) is 11.8 Å². The number of rotatable bonds is 1. The van der Waals surface area contributed by atoms with Gasteiger partial charge in [0.25, 0.3) is 0 Å². The Bertz CT molecular complexity index is 563. The molecule has 0 unspecified atom stereocenters. The van der Waals surface area contributed by atoms with Gasteiger partial charge in [-0.05, 0) is 6.07 Å². The van der Waals surface area contributed by atoms with Crippen LogP contribution in [0.4, 0.5) is 11.5 Å². The van der Waals surface area contributed by atoms with Crippen molar-refractivity contribution in [3.63, 3.8) is 0 Å². The summed E-state index contributed by atoms with van der Waals surface area (Å²) in [5.74, 6) is 1.17. The van der Waals surface area contributed by atoms with E-state index in [1.165, 1.54) is 16.7 Å². The highest BCUT2D eigenvalue weighted by Crippen LogP contribution is 2.35. The van der Waals surface area contributed by atoms with Crippen molar-refractivity contribution in [3.8, 4) is 0 Å². The third kappa shape index (κ3) is 1.98. The summed E-state index contributed by atoms with van der Waals surface area (Å²) < 4.78 is 0. The van der Waals surface area contributed by atoms with Crippen LogP contribution in [-0.2, 0) is 9.59 Å². The highest BCUT2D eigenvalue weighted by molar-refractivity contribution is 7.99. The zero-order valence-corrected chi connectivity index (χ0v) is 11.3. The number of hydrogen-bond donors (Lipinski definition) is 1. The maximum absolute atomic E-state index is 11.9. The molecule has 19 heavy (non-hydrogen) atoms. The number of carbonyl (C=O) groups is 2. The summed E-state index contributed by atoms with van der Waals surface area (Å²) in [4.78, 5) is 31.8. The fourth-order valence-corrected chi connectivity index (χ4v) is 3.14. The van der Waals surface area contributed by atoms with Crippen LogP contribution in [0, 0.1) is 0 Å². The van der Waals surface area contributed by atoms with E-state index >= 15 is 0 Å². The van der Waals surface area contributed by atoms with E-state index in [2.05, 4.69) is 4.98 Å². The molecule has 0 aromatic carbocycles. The number of carbonyl (C=O) groups excluding carboxylic acids is 2. The number of anilines is 2. The van der Waals surface area contributed by atoms with Gasteiger partial charge in [0, 0.05) is 30.7 Å². The third-order valence-corrected chi connectivity index (χ3v) is 4.55. The molecule has 100 valence electrons. The molecule has 0 aliphatic carbocycles. The van der Waals surface area contributed by atoms with Gasteiger partial charge in [0.15, 0.2) is 0 Å². The van der Waals surface area contributed by atoms with E-state index in [4.69, 9.17) is 5.73 Å². The van der Waals surface area contributed by atoms with E-state index in [0.717, 1.165) is 10.6 Å². The van der Waals surface area contributed by atoms with Crippen molar-refractivity contribution >= 4 is 35.1 Å². The Morgan fingerprint density at radius 1 is 1.47 bits per heavy atom. The van der Waals surface area contributed by atoms with Crippen LogP contribution >= 0.6 is 11.8 Å². The number of amides is 2. The SMILES string of the molecule is CN1C(=O)[C@@H](N)CSc2cc(N3CCC3=O)ncc21. The second-order valence-electron chi connectivity index (χ2n) is 4.62. The quantitative estimate of drug-likeness (QED) is 0.743. The fraction of sp³-hybridized carbons (Fsp3) is 0.417. The van der Waals surface area contributed by atoms with Gasteiger partial charge >= 0.3 is 0 Å². The molecule has 1 aromatic rings.